The van der Waals surface area contributed by atoms with Gasteiger partial charge in [0.05, 0.1) is 4.92 Å². The Morgan fingerprint density at radius 3 is 2.83 bits per heavy atom. The summed E-state index contributed by atoms with van der Waals surface area (Å²) in [6.45, 7) is 0.531. The van der Waals surface area contributed by atoms with Crippen LogP contribution in [0.15, 0.2) is 18.2 Å². The lowest BCUT2D eigenvalue weighted by Gasteiger charge is -2.22. The molecule has 4 nitrogen and oxygen atoms in total. The van der Waals surface area contributed by atoms with Crippen molar-refractivity contribution in [2.24, 2.45) is 0 Å². The van der Waals surface area contributed by atoms with Crippen LogP contribution in [0.1, 0.15) is 18.4 Å². The molecule has 1 heterocycles. The highest BCUT2D eigenvalue weighted by Crippen LogP contribution is 2.24. The number of halogens is 1. The third-order valence-corrected chi connectivity index (χ3v) is 4.33. The van der Waals surface area contributed by atoms with Crippen molar-refractivity contribution in [3.63, 3.8) is 0 Å². The second-order valence-corrected chi connectivity index (χ2v) is 5.96. The maximum atomic E-state index is 10.9. The first-order valence-electron chi connectivity index (χ1n) is 5.91. The topological polar surface area (TPSA) is 55.2 Å². The molecule has 2 rings (SSSR count). The number of rotatable bonds is 4. The van der Waals surface area contributed by atoms with Crippen LogP contribution >= 0.6 is 23.4 Å². The van der Waals surface area contributed by atoms with Crippen molar-refractivity contribution in [2.75, 3.05) is 11.5 Å². The molecule has 98 valence electrons. The van der Waals surface area contributed by atoms with E-state index in [4.69, 9.17) is 11.6 Å². The number of hydrogen-bond acceptors (Lipinski definition) is 4. The molecule has 1 aliphatic rings. The van der Waals surface area contributed by atoms with E-state index in [0.29, 0.717) is 23.2 Å². The Bertz CT molecular complexity index is 436. The van der Waals surface area contributed by atoms with Crippen LogP contribution in [0, 0.1) is 10.1 Å². The fraction of sp³-hybridized carbons (Fsp3) is 0.500. The minimum Gasteiger partial charge on any atom is -0.310 e. The molecular weight excluding hydrogens is 272 g/mol. The lowest BCUT2D eigenvalue weighted by atomic mass is 10.1. The molecule has 0 aliphatic carbocycles. The van der Waals surface area contributed by atoms with Crippen molar-refractivity contribution in [3.05, 3.63) is 38.9 Å². The smallest absolute Gasteiger partial charge is 0.275 e. The van der Waals surface area contributed by atoms with Crippen molar-refractivity contribution < 1.29 is 4.92 Å². The Kier molecular flexibility index (Phi) is 4.86. The highest BCUT2D eigenvalue weighted by molar-refractivity contribution is 7.99. The number of nitro benzene ring substituents is 1. The van der Waals surface area contributed by atoms with Gasteiger partial charge in [-0.25, -0.2) is 0 Å². The van der Waals surface area contributed by atoms with Gasteiger partial charge in [0.15, 0.2) is 0 Å². The largest absolute Gasteiger partial charge is 0.310 e. The Labute approximate surface area is 115 Å². The van der Waals surface area contributed by atoms with E-state index in [1.165, 1.54) is 17.6 Å². The van der Waals surface area contributed by atoms with Crippen molar-refractivity contribution in [1.29, 1.82) is 0 Å². The summed E-state index contributed by atoms with van der Waals surface area (Å²) in [5.74, 6) is 2.33. The van der Waals surface area contributed by atoms with Crippen LogP contribution in [-0.2, 0) is 6.54 Å². The van der Waals surface area contributed by atoms with Gasteiger partial charge in [-0.05, 0) is 36.5 Å². The van der Waals surface area contributed by atoms with E-state index in [0.717, 1.165) is 12.8 Å². The molecule has 1 N–H and O–H groups in total. The molecule has 0 radical (unpaired) electrons. The van der Waals surface area contributed by atoms with Gasteiger partial charge in [0.25, 0.3) is 5.69 Å². The van der Waals surface area contributed by atoms with Crippen molar-refractivity contribution >= 4 is 29.1 Å². The summed E-state index contributed by atoms with van der Waals surface area (Å²) in [5.41, 5.74) is 0.794. The van der Waals surface area contributed by atoms with Gasteiger partial charge >= 0.3 is 0 Å². The average molecular weight is 287 g/mol. The summed E-state index contributed by atoms with van der Waals surface area (Å²) < 4.78 is 0. The Hall–Kier alpha value is -0.780. The number of nitrogens with zero attached hydrogens (tertiary/aromatic N) is 1. The first kappa shape index (κ1) is 13.6. The van der Waals surface area contributed by atoms with E-state index in [1.54, 1.807) is 12.1 Å². The fourth-order valence-electron chi connectivity index (χ4n) is 2.01. The number of nitrogens with one attached hydrogen (secondary N) is 1. The summed E-state index contributed by atoms with van der Waals surface area (Å²) in [4.78, 5) is 10.6. The minimum absolute atomic E-state index is 0.0974. The second kappa shape index (κ2) is 6.41. The van der Waals surface area contributed by atoms with Gasteiger partial charge in [0.2, 0.25) is 0 Å². The predicted molar refractivity (Wildman–Crippen MR) is 75.3 cm³/mol. The molecule has 6 heteroatoms. The van der Waals surface area contributed by atoms with E-state index in [9.17, 15) is 10.1 Å². The third-order valence-electron chi connectivity index (χ3n) is 3.05. The van der Waals surface area contributed by atoms with Crippen LogP contribution in [0.25, 0.3) is 0 Å². The Balaban J connectivity index is 2.01. The molecule has 1 aromatic carbocycles. The molecule has 18 heavy (non-hydrogen) atoms. The van der Waals surface area contributed by atoms with Gasteiger partial charge in [0.1, 0.15) is 0 Å². The summed E-state index contributed by atoms with van der Waals surface area (Å²) in [5, 5.41) is 14.7. The van der Waals surface area contributed by atoms with Gasteiger partial charge in [-0.2, -0.15) is 11.8 Å². The maximum Gasteiger partial charge on any atom is 0.275 e. The van der Waals surface area contributed by atoms with Crippen LogP contribution in [-0.4, -0.2) is 22.5 Å². The standard InChI is InChI=1S/C12H15ClN2O2S/c13-10-2-1-9(12(7-10)15(16)17)8-14-11-3-5-18-6-4-11/h1-2,7,11,14H,3-6,8H2. The summed E-state index contributed by atoms with van der Waals surface area (Å²) >= 11 is 7.75. The highest BCUT2D eigenvalue weighted by atomic mass is 35.5. The molecule has 0 amide bonds. The molecule has 0 bridgehead atoms. The maximum absolute atomic E-state index is 10.9. The number of benzene rings is 1. The fourth-order valence-corrected chi connectivity index (χ4v) is 3.29. The molecule has 0 saturated carbocycles. The molecule has 1 fully saturated rings. The van der Waals surface area contributed by atoms with Crippen LogP contribution in [0.3, 0.4) is 0 Å². The van der Waals surface area contributed by atoms with Crippen LogP contribution in [0.5, 0.6) is 0 Å². The lowest BCUT2D eigenvalue weighted by molar-refractivity contribution is -0.385. The van der Waals surface area contributed by atoms with Gasteiger partial charge in [-0.3, -0.25) is 10.1 Å². The molecule has 1 aliphatic heterocycles. The van der Waals surface area contributed by atoms with E-state index in [1.807, 2.05) is 11.8 Å². The van der Waals surface area contributed by atoms with E-state index < -0.39 is 0 Å². The number of hydrogen-bond donors (Lipinski definition) is 1. The number of thioether (sulfide) groups is 1. The molecule has 1 saturated heterocycles. The Morgan fingerprint density at radius 1 is 1.44 bits per heavy atom. The zero-order valence-corrected chi connectivity index (χ0v) is 11.5. The normalized spacial score (nSPS) is 16.7. The first-order valence-corrected chi connectivity index (χ1v) is 7.44. The number of nitro groups is 1. The zero-order chi connectivity index (χ0) is 13.0. The lowest BCUT2D eigenvalue weighted by Crippen LogP contribution is -2.32. The molecule has 0 aromatic heterocycles. The van der Waals surface area contributed by atoms with Gasteiger partial charge in [-0.15, -0.1) is 0 Å². The third kappa shape index (κ3) is 3.60. The zero-order valence-electron chi connectivity index (χ0n) is 9.89. The molecule has 1 aromatic rings. The second-order valence-electron chi connectivity index (χ2n) is 4.30. The van der Waals surface area contributed by atoms with Crippen molar-refractivity contribution in [1.82, 2.24) is 5.32 Å². The summed E-state index contributed by atoms with van der Waals surface area (Å²) in [6, 6.07) is 5.31. The summed E-state index contributed by atoms with van der Waals surface area (Å²) in [7, 11) is 0. The monoisotopic (exact) mass is 286 g/mol. The van der Waals surface area contributed by atoms with E-state index in [2.05, 4.69) is 5.32 Å². The first-order chi connectivity index (χ1) is 8.66. The Morgan fingerprint density at radius 2 is 2.17 bits per heavy atom. The summed E-state index contributed by atoms with van der Waals surface area (Å²) in [6.07, 6.45) is 2.26. The molecule has 0 spiro atoms. The van der Waals surface area contributed by atoms with E-state index in [-0.39, 0.29) is 10.6 Å². The van der Waals surface area contributed by atoms with Gasteiger partial charge < -0.3 is 5.32 Å². The van der Waals surface area contributed by atoms with Crippen molar-refractivity contribution in [3.8, 4) is 0 Å². The quantitative estimate of drug-likeness (QED) is 0.682. The van der Waals surface area contributed by atoms with Gasteiger partial charge in [0, 0.05) is 29.2 Å². The van der Waals surface area contributed by atoms with E-state index >= 15 is 0 Å². The molecular formula is C12H15ClN2O2S. The SMILES string of the molecule is O=[N+]([O-])c1cc(Cl)ccc1CNC1CCSCC1. The average Bonchev–Trinajstić information content (AvgIpc) is 2.38. The van der Waals surface area contributed by atoms with Crippen LogP contribution < -0.4 is 5.32 Å². The highest BCUT2D eigenvalue weighted by Gasteiger charge is 2.17. The minimum atomic E-state index is -0.375. The molecule has 0 unspecified atom stereocenters. The van der Waals surface area contributed by atoms with Gasteiger partial charge in [-0.1, -0.05) is 11.6 Å². The molecule has 0 atom stereocenters. The predicted octanol–water partition coefficient (Wildman–Crippen LogP) is 3.23. The van der Waals surface area contributed by atoms with Crippen molar-refractivity contribution in [2.45, 2.75) is 25.4 Å². The van der Waals surface area contributed by atoms with Crippen LogP contribution in [0.2, 0.25) is 5.02 Å². The van der Waals surface area contributed by atoms with Crippen LogP contribution in [0.4, 0.5) is 5.69 Å².